The van der Waals surface area contributed by atoms with Gasteiger partial charge >= 0.3 is 0 Å². The van der Waals surface area contributed by atoms with Crippen LogP contribution in [0, 0.1) is 0 Å². The number of rotatable bonds is 5. The summed E-state index contributed by atoms with van der Waals surface area (Å²) in [6.07, 6.45) is 1.03. The van der Waals surface area contributed by atoms with Crippen LogP contribution >= 0.6 is 23.2 Å². The van der Waals surface area contributed by atoms with Crippen LogP contribution in [-0.4, -0.2) is 24.0 Å². The summed E-state index contributed by atoms with van der Waals surface area (Å²) in [5.41, 5.74) is 6.91. The Kier molecular flexibility index (Phi) is 5.47. The molecule has 0 aliphatic carbocycles. The molecule has 0 spiro atoms. The molecule has 2 nitrogen and oxygen atoms in total. The van der Waals surface area contributed by atoms with Crippen molar-refractivity contribution in [3.05, 3.63) is 33.8 Å². The van der Waals surface area contributed by atoms with Crippen molar-refractivity contribution < 1.29 is 0 Å². The highest BCUT2D eigenvalue weighted by Gasteiger charge is 2.30. The molecule has 4 heteroatoms. The van der Waals surface area contributed by atoms with E-state index in [0.29, 0.717) is 16.6 Å². The van der Waals surface area contributed by atoms with Crippen molar-refractivity contribution in [3.8, 4) is 0 Å². The summed E-state index contributed by atoms with van der Waals surface area (Å²) in [5, 5.41) is 1.36. The lowest BCUT2D eigenvalue weighted by Gasteiger charge is -2.41. The molecular formula is C14H22Cl2N2. The molecule has 1 rings (SSSR count). The van der Waals surface area contributed by atoms with Crippen molar-refractivity contribution in [2.75, 3.05) is 13.6 Å². The average Bonchev–Trinajstić information content (AvgIpc) is 2.33. The van der Waals surface area contributed by atoms with Gasteiger partial charge < -0.3 is 5.73 Å². The fourth-order valence-corrected chi connectivity index (χ4v) is 2.62. The minimum Gasteiger partial charge on any atom is -0.329 e. The number of halogens is 2. The van der Waals surface area contributed by atoms with E-state index < -0.39 is 0 Å². The van der Waals surface area contributed by atoms with Crippen LogP contribution < -0.4 is 5.73 Å². The number of hydrogen-bond donors (Lipinski definition) is 1. The van der Waals surface area contributed by atoms with Gasteiger partial charge in [0, 0.05) is 27.7 Å². The molecule has 0 radical (unpaired) electrons. The van der Waals surface area contributed by atoms with Gasteiger partial charge in [0.15, 0.2) is 0 Å². The van der Waals surface area contributed by atoms with Gasteiger partial charge in [0.25, 0.3) is 0 Å². The molecule has 1 unspecified atom stereocenters. The van der Waals surface area contributed by atoms with Crippen LogP contribution in [0.4, 0.5) is 0 Å². The maximum atomic E-state index is 6.27. The molecule has 0 saturated heterocycles. The Morgan fingerprint density at radius 1 is 1.28 bits per heavy atom. The normalized spacial score (nSPS) is 14.0. The summed E-state index contributed by atoms with van der Waals surface area (Å²) in [6.45, 7) is 7.04. The molecule has 0 aliphatic heterocycles. The van der Waals surface area contributed by atoms with Crippen molar-refractivity contribution in [2.45, 2.75) is 38.8 Å². The number of nitrogens with two attached hydrogens (primary N) is 1. The first-order valence-corrected chi connectivity index (χ1v) is 6.97. The van der Waals surface area contributed by atoms with Crippen LogP contribution in [0.1, 0.15) is 38.8 Å². The van der Waals surface area contributed by atoms with Crippen LogP contribution in [0.5, 0.6) is 0 Å². The second kappa shape index (κ2) is 6.25. The Labute approximate surface area is 120 Å². The quantitative estimate of drug-likeness (QED) is 0.883. The first-order chi connectivity index (χ1) is 8.35. The molecular weight excluding hydrogens is 267 g/mol. The third kappa shape index (κ3) is 3.18. The van der Waals surface area contributed by atoms with Gasteiger partial charge in [0.2, 0.25) is 0 Å². The van der Waals surface area contributed by atoms with E-state index in [1.807, 2.05) is 18.2 Å². The largest absolute Gasteiger partial charge is 0.329 e. The maximum absolute atomic E-state index is 6.27. The zero-order valence-corrected chi connectivity index (χ0v) is 13.0. The van der Waals surface area contributed by atoms with Crippen LogP contribution in [0.2, 0.25) is 10.0 Å². The number of benzene rings is 1. The monoisotopic (exact) mass is 288 g/mol. The zero-order valence-electron chi connectivity index (χ0n) is 11.5. The Balaban J connectivity index is 3.18. The van der Waals surface area contributed by atoms with Crippen molar-refractivity contribution >= 4 is 23.2 Å². The van der Waals surface area contributed by atoms with E-state index in [-0.39, 0.29) is 11.6 Å². The Hall–Kier alpha value is -0.280. The molecule has 1 aromatic rings. The minimum absolute atomic E-state index is 0.0288. The molecule has 0 amide bonds. The van der Waals surface area contributed by atoms with E-state index in [1.165, 1.54) is 0 Å². The summed E-state index contributed by atoms with van der Waals surface area (Å²) in [6, 6.07) is 5.60. The second-order valence-corrected chi connectivity index (χ2v) is 5.98. The standard InChI is InChI=1S/C14H22Cl2N2/c1-5-14(2,3)18(4)12(9-17)13-10(15)7-6-8-11(13)16/h6-8,12H,5,9,17H2,1-4H3. The van der Waals surface area contributed by atoms with E-state index >= 15 is 0 Å². The second-order valence-electron chi connectivity index (χ2n) is 5.16. The molecule has 0 aromatic heterocycles. The molecule has 18 heavy (non-hydrogen) atoms. The van der Waals surface area contributed by atoms with Crippen LogP contribution in [0.25, 0.3) is 0 Å². The summed E-state index contributed by atoms with van der Waals surface area (Å²) in [5.74, 6) is 0. The third-order valence-electron chi connectivity index (χ3n) is 3.84. The van der Waals surface area contributed by atoms with Crippen molar-refractivity contribution in [1.29, 1.82) is 0 Å². The van der Waals surface area contributed by atoms with E-state index in [0.717, 1.165) is 12.0 Å². The van der Waals surface area contributed by atoms with E-state index in [2.05, 4.69) is 32.7 Å². The third-order valence-corrected chi connectivity index (χ3v) is 4.50. The lowest BCUT2D eigenvalue weighted by Crippen LogP contribution is -2.45. The molecule has 2 N–H and O–H groups in total. The van der Waals surface area contributed by atoms with Crippen LogP contribution in [-0.2, 0) is 0 Å². The summed E-state index contributed by atoms with van der Waals surface area (Å²) in [4.78, 5) is 2.25. The maximum Gasteiger partial charge on any atom is 0.0502 e. The Morgan fingerprint density at radius 3 is 2.17 bits per heavy atom. The first-order valence-electron chi connectivity index (χ1n) is 6.22. The van der Waals surface area contributed by atoms with Gasteiger partial charge in [-0.25, -0.2) is 0 Å². The highest BCUT2D eigenvalue weighted by molar-refractivity contribution is 6.36. The van der Waals surface area contributed by atoms with Gasteiger partial charge in [-0.1, -0.05) is 36.2 Å². The highest BCUT2D eigenvalue weighted by Crippen LogP contribution is 2.36. The van der Waals surface area contributed by atoms with Gasteiger partial charge in [-0.05, 0) is 39.4 Å². The Morgan fingerprint density at radius 2 is 1.78 bits per heavy atom. The molecule has 0 heterocycles. The Bertz CT molecular complexity index is 385. The minimum atomic E-state index is 0.0288. The molecule has 1 aromatic carbocycles. The molecule has 0 fully saturated rings. The smallest absolute Gasteiger partial charge is 0.0502 e. The molecule has 0 bridgehead atoms. The molecule has 0 saturated carbocycles. The molecule has 0 aliphatic rings. The highest BCUT2D eigenvalue weighted by atomic mass is 35.5. The van der Waals surface area contributed by atoms with Gasteiger partial charge in [-0.3, -0.25) is 4.90 Å². The fourth-order valence-electron chi connectivity index (χ4n) is 1.97. The summed E-state index contributed by atoms with van der Waals surface area (Å²) < 4.78 is 0. The number of hydrogen-bond acceptors (Lipinski definition) is 2. The van der Waals surface area contributed by atoms with Crippen LogP contribution in [0.3, 0.4) is 0 Å². The van der Waals surface area contributed by atoms with Crippen molar-refractivity contribution in [1.82, 2.24) is 4.90 Å². The lowest BCUT2D eigenvalue weighted by atomic mass is 9.95. The van der Waals surface area contributed by atoms with Crippen molar-refractivity contribution in [2.24, 2.45) is 5.73 Å². The van der Waals surface area contributed by atoms with Gasteiger partial charge in [0.1, 0.15) is 0 Å². The first kappa shape index (κ1) is 15.8. The molecule has 1 atom stereocenters. The summed E-state index contributed by atoms with van der Waals surface area (Å²) in [7, 11) is 2.07. The topological polar surface area (TPSA) is 29.3 Å². The van der Waals surface area contributed by atoms with Gasteiger partial charge in [-0.2, -0.15) is 0 Å². The van der Waals surface area contributed by atoms with E-state index in [1.54, 1.807) is 0 Å². The lowest BCUT2D eigenvalue weighted by molar-refractivity contribution is 0.101. The number of likely N-dealkylation sites (N-methyl/N-ethyl adjacent to an activating group) is 1. The SMILES string of the molecule is CCC(C)(C)N(C)C(CN)c1c(Cl)cccc1Cl. The predicted molar refractivity (Wildman–Crippen MR) is 80.4 cm³/mol. The fraction of sp³-hybridized carbons (Fsp3) is 0.571. The van der Waals surface area contributed by atoms with Gasteiger partial charge in [-0.15, -0.1) is 0 Å². The van der Waals surface area contributed by atoms with E-state index in [4.69, 9.17) is 28.9 Å². The van der Waals surface area contributed by atoms with E-state index in [9.17, 15) is 0 Å². The van der Waals surface area contributed by atoms with Gasteiger partial charge in [0.05, 0.1) is 6.04 Å². The zero-order chi connectivity index (χ0) is 13.9. The summed E-state index contributed by atoms with van der Waals surface area (Å²) >= 11 is 12.5. The molecule has 102 valence electrons. The van der Waals surface area contributed by atoms with Crippen LogP contribution in [0.15, 0.2) is 18.2 Å². The predicted octanol–water partition coefficient (Wildman–Crippen LogP) is 4.11. The average molecular weight is 289 g/mol. The number of nitrogens with zero attached hydrogens (tertiary/aromatic N) is 1. The van der Waals surface area contributed by atoms with Crippen molar-refractivity contribution in [3.63, 3.8) is 0 Å².